The third kappa shape index (κ3) is 17.4. The van der Waals surface area contributed by atoms with E-state index in [0.29, 0.717) is 18.4 Å². The zero-order chi connectivity index (χ0) is 51.3. The van der Waals surface area contributed by atoms with E-state index in [-0.39, 0.29) is 0 Å². The van der Waals surface area contributed by atoms with Crippen LogP contribution in [0.2, 0.25) is 0 Å². The Balaban J connectivity index is 0.000000620. The minimum Gasteiger partial charge on any atom is -0.327 e. The van der Waals surface area contributed by atoms with Gasteiger partial charge in [-0.15, -0.1) is 6.58 Å². The number of nitrogens with zero attached hydrogens (tertiary/aromatic N) is 1. The van der Waals surface area contributed by atoms with Gasteiger partial charge in [0.2, 0.25) is 0 Å². The molecule has 0 bridgehead atoms. The fourth-order valence-electron chi connectivity index (χ4n) is 8.95. The highest BCUT2D eigenvalue weighted by atomic mass is 14.6. The van der Waals surface area contributed by atoms with Gasteiger partial charge in [0.1, 0.15) is 0 Å². The van der Waals surface area contributed by atoms with E-state index in [0.717, 1.165) is 44.9 Å². The Bertz CT molecular complexity index is 2680. The van der Waals surface area contributed by atoms with E-state index in [1.807, 2.05) is 51.4 Å². The molecule has 1 aromatic heterocycles. The van der Waals surface area contributed by atoms with Crippen LogP contribution < -0.4 is 5.73 Å². The lowest BCUT2D eigenvalue weighted by atomic mass is 9.82. The second kappa shape index (κ2) is 32.7. The molecule has 7 rings (SSSR count). The Morgan fingerprint density at radius 2 is 1.19 bits per heavy atom. The summed E-state index contributed by atoms with van der Waals surface area (Å²) in [6.45, 7) is 32.4. The zero-order valence-corrected chi connectivity index (χ0v) is 45.3. The largest absolute Gasteiger partial charge is 0.327 e. The van der Waals surface area contributed by atoms with E-state index in [2.05, 4.69) is 207 Å². The first-order chi connectivity index (χ1) is 34.1. The molecule has 70 heavy (non-hydrogen) atoms. The highest BCUT2D eigenvalue weighted by Crippen LogP contribution is 2.38. The summed E-state index contributed by atoms with van der Waals surface area (Å²) in [6.07, 6.45) is 21.9. The first kappa shape index (κ1) is 58.2. The van der Waals surface area contributed by atoms with Crippen molar-refractivity contribution >= 4 is 21.5 Å². The van der Waals surface area contributed by atoms with E-state index in [9.17, 15) is 0 Å². The molecule has 0 aliphatic heterocycles. The molecule has 2 heteroatoms. The molecule has 0 saturated carbocycles. The van der Waals surface area contributed by atoms with E-state index in [4.69, 9.17) is 5.73 Å². The molecule has 7 aromatic rings. The molecule has 0 spiro atoms. The van der Waals surface area contributed by atoms with E-state index in [1.165, 1.54) is 101 Å². The molecule has 0 amide bonds. The number of pyridine rings is 1. The molecule has 0 aliphatic rings. The molecule has 0 fully saturated rings. The summed E-state index contributed by atoms with van der Waals surface area (Å²) in [5.41, 5.74) is 21.1. The number of hydrogen-bond donors (Lipinski definition) is 1. The number of allylic oxidation sites excluding steroid dienone is 4. The van der Waals surface area contributed by atoms with Gasteiger partial charge >= 0.3 is 0 Å². The van der Waals surface area contributed by atoms with Gasteiger partial charge in [-0.05, 0) is 177 Å². The molecule has 0 aliphatic carbocycles. The molecule has 1 heterocycles. The molecular formula is C68H88N2. The maximum absolute atomic E-state index is 5.43. The molecule has 0 radical (unpaired) electrons. The van der Waals surface area contributed by atoms with Gasteiger partial charge in [-0.2, -0.15) is 0 Å². The first-order valence-electron chi connectivity index (χ1n) is 26.6. The Hall–Kier alpha value is -6.09. The minimum atomic E-state index is 0.394. The van der Waals surface area contributed by atoms with Gasteiger partial charge in [0.25, 0.3) is 0 Å². The highest BCUT2D eigenvalue weighted by Gasteiger charge is 2.18. The quantitative estimate of drug-likeness (QED) is 0.0561. The highest BCUT2D eigenvalue weighted by molar-refractivity contribution is 6.11. The summed E-state index contributed by atoms with van der Waals surface area (Å²) in [6, 6.07) is 47.5. The third-order valence-electron chi connectivity index (χ3n) is 12.5. The predicted octanol–water partition coefficient (Wildman–Crippen LogP) is 20.2. The van der Waals surface area contributed by atoms with Crippen molar-refractivity contribution in [3.63, 3.8) is 0 Å². The second-order valence-electron chi connectivity index (χ2n) is 18.1. The average Bonchev–Trinajstić information content (AvgIpc) is 3.41. The number of aryl methyl sites for hydroxylation is 2. The first-order valence-corrected chi connectivity index (χ1v) is 26.6. The average molecular weight is 933 g/mol. The van der Waals surface area contributed by atoms with Gasteiger partial charge in [0.05, 0.1) is 0 Å². The van der Waals surface area contributed by atoms with Crippen LogP contribution in [0.5, 0.6) is 0 Å². The zero-order valence-electron chi connectivity index (χ0n) is 45.3. The summed E-state index contributed by atoms with van der Waals surface area (Å²) in [4.78, 5) is 4.21. The fraction of sp³-hybridized carbons (Fsp3) is 0.338. The van der Waals surface area contributed by atoms with Gasteiger partial charge in [0.15, 0.2) is 0 Å². The van der Waals surface area contributed by atoms with Gasteiger partial charge < -0.3 is 5.73 Å². The topological polar surface area (TPSA) is 38.9 Å². The predicted molar refractivity (Wildman–Crippen MR) is 315 cm³/mol. The monoisotopic (exact) mass is 933 g/mol. The van der Waals surface area contributed by atoms with Crippen LogP contribution in [0.4, 0.5) is 0 Å². The second-order valence-corrected chi connectivity index (χ2v) is 18.1. The van der Waals surface area contributed by atoms with Crippen LogP contribution in [0.1, 0.15) is 142 Å². The van der Waals surface area contributed by atoms with Crippen LogP contribution in [0.25, 0.3) is 54.9 Å². The van der Waals surface area contributed by atoms with Crippen molar-refractivity contribution in [2.45, 2.75) is 140 Å². The summed E-state index contributed by atoms with van der Waals surface area (Å²) in [7, 11) is 0. The number of benzene rings is 6. The van der Waals surface area contributed by atoms with Crippen molar-refractivity contribution in [2.75, 3.05) is 6.54 Å². The summed E-state index contributed by atoms with van der Waals surface area (Å²) in [5.74, 6) is 0.882. The standard InChI is InChI=1S/C51H51N.C8H15N.C4H8.C3H8.C2H6/c1-6-13-39(30-38-25-27-52-28-26-38)35(3)29-36(4)40-15-10-16-41(31-40)42-17-11-18-43(32-42)44-19-12-20-45(33-44)46-23-24-50-47(14-7-2)37(5)48-21-8-9-22-49(48)51(50)34-46;1-3-5-8(7-9)6-4-2;1-3-4-2;1-3-2;1-2/h8-12,15-28,31-34,36,39H,3,6-7,13-14,29-30H2,1-2,4-5H3;3,5-6H,4,7,9H2,1-2H3;3H,1,4H2,2H3;3H2,1-2H3;1-2H3/b;5-3-,8-6+;;;. The maximum atomic E-state index is 5.43. The van der Waals surface area contributed by atoms with E-state index in [1.54, 1.807) is 0 Å². The SMILES string of the molecule is C/C=C\C(=C/CC)CN.C=C(CC(C)c1cccc(-c2cccc(-c3cccc(-c4ccc5c(CCC)c(C)c6ccccc6c5c4)c3)c2)c1)C(CCC)Cc1ccncc1.C=CCC.CC.CCC. The van der Waals surface area contributed by atoms with Crippen molar-refractivity contribution in [1.82, 2.24) is 4.98 Å². The van der Waals surface area contributed by atoms with Gasteiger partial charge in [-0.3, -0.25) is 4.98 Å². The third-order valence-corrected chi connectivity index (χ3v) is 12.5. The molecule has 2 N–H and O–H groups in total. The van der Waals surface area contributed by atoms with Crippen LogP contribution in [-0.4, -0.2) is 11.5 Å². The summed E-state index contributed by atoms with van der Waals surface area (Å²) < 4.78 is 0. The van der Waals surface area contributed by atoms with Crippen LogP contribution in [-0.2, 0) is 12.8 Å². The Labute approximate surface area is 426 Å². The van der Waals surface area contributed by atoms with E-state index >= 15 is 0 Å². The molecule has 0 saturated heterocycles. The van der Waals surface area contributed by atoms with Crippen molar-refractivity contribution in [3.8, 4) is 33.4 Å². The Morgan fingerprint density at radius 1 is 0.643 bits per heavy atom. The number of nitrogens with two attached hydrogens (primary N) is 1. The minimum absolute atomic E-state index is 0.394. The normalized spacial score (nSPS) is 11.7. The molecule has 6 aromatic carbocycles. The molecule has 2 unspecified atom stereocenters. The number of rotatable bonds is 17. The van der Waals surface area contributed by atoms with Gasteiger partial charge in [-0.1, -0.05) is 215 Å². The summed E-state index contributed by atoms with van der Waals surface area (Å²) >= 11 is 0. The maximum Gasteiger partial charge on any atom is 0.0270 e. The summed E-state index contributed by atoms with van der Waals surface area (Å²) in [5, 5.41) is 5.44. The van der Waals surface area contributed by atoms with Crippen LogP contribution in [0.3, 0.4) is 0 Å². The molecule has 2 nitrogen and oxygen atoms in total. The van der Waals surface area contributed by atoms with Crippen molar-refractivity contribution < 1.29 is 0 Å². The van der Waals surface area contributed by atoms with E-state index < -0.39 is 0 Å². The number of hydrogen-bond acceptors (Lipinski definition) is 2. The van der Waals surface area contributed by atoms with Crippen molar-refractivity contribution in [3.05, 3.63) is 211 Å². The smallest absolute Gasteiger partial charge is 0.0270 e. The Kier molecular flexibility index (Phi) is 27.2. The van der Waals surface area contributed by atoms with Crippen LogP contribution in [0, 0.1) is 12.8 Å². The lowest BCUT2D eigenvalue weighted by molar-refractivity contribution is 0.518. The van der Waals surface area contributed by atoms with Gasteiger partial charge in [0, 0.05) is 18.9 Å². The molecule has 370 valence electrons. The Morgan fingerprint density at radius 3 is 1.70 bits per heavy atom. The lowest BCUT2D eigenvalue weighted by Gasteiger charge is -2.23. The van der Waals surface area contributed by atoms with Crippen molar-refractivity contribution in [2.24, 2.45) is 11.7 Å². The number of aromatic nitrogens is 1. The molecule has 2 atom stereocenters. The van der Waals surface area contributed by atoms with Crippen LogP contribution >= 0.6 is 0 Å². The number of fused-ring (bicyclic) bond motifs is 3. The van der Waals surface area contributed by atoms with Crippen molar-refractivity contribution in [1.29, 1.82) is 0 Å². The van der Waals surface area contributed by atoms with Crippen LogP contribution in [0.15, 0.2) is 188 Å². The fourth-order valence-corrected chi connectivity index (χ4v) is 8.95. The van der Waals surface area contributed by atoms with Gasteiger partial charge in [-0.25, -0.2) is 0 Å². The lowest BCUT2D eigenvalue weighted by Crippen LogP contribution is -2.10. The molecular weight excluding hydrogens is 845 g/mol.